The summed E-state index contributed by atoms with van der Waals surface area (Å²) >= 11 is 6.10. The van der Waals surface area contributed by atoms with E-state index < -0.39 is 17.7 Å². The summed E-state index contributed by atoms with van der Waals surface area (Å²) < 4.78 is 16.5. The predicted octanol–water partition coefficient (Wildman–Crippen LogP) is 5.02. The van der Waals surface area contributed by atoms with Crippen LogP contribution in [0.3, 0.4) is 0 Å². The number of carbonyl (C=O) groups is 2. The molecule has 1 unspecified atom stereocenters. The van der Waals surface area contributed by atoms with E-state index in [4.69, 9.17) is 25.8 Å². The number of benzene rings is 3. The highest BCUT2D eigenvalue weighted by Crippen LogP contribution is 2.45. The highest BCUT2D eigenvalue weighted by Gasteiger charge is 2.47. The molecule has 1 atom stereocenters. The average molecular weight is 490 g/mol. The predicted molar refractivity (Wildman–Crippen MR) is 129 cm³/mol. The number of hydrogen-bond donors (Lipinski definition) is 1. The van der Waals surface area contributed by atoms with Crippen LogP contribution < -0.4 is 19.1 Å². The zero-order valence-electron chi connectivity index (χ0n) is 18.5. The van der Waals surface area contributed by atoms with Crippen LogP contribution in [0, 0.1) is 0 Å². The van der Waals surface area contributed by atoms with Crippen LogP contribution in [0.4, 0.5) is 5.69 Å². The third-order valence-corrected chi connectivity index (χ3v) is 6.70. The molecule has 176 valence electrons. The van der Waals surface area contributed by atoms with Crippen LogP contribution in [0.1, 0.15) is 29.2 Å². The fraction of sp³-hybridized carbons (Fsp3) is 0.185. The molecule has 35 heavy (non-hydrogen) atoms. The van der Waals surface area contributed by atoms with Gasteiger partial charge in [0.1, 0.15) is 11.5 Å². The number of hydrogen-bond acceptors (Lipinski definition) is 6. The first-order valence-electron chi connectivity index (χ1n) is 11.2. The van der Waals surface area contributed by atoms with Crippen molar-refractivity contribution in [3.63, 3.8) is 0 Å². The average Bonchev–Trinajstić information content (AvgIpc) is 3.45. The first-order valence-corrected chi connectivity index (χ1v) is 11.6. The molecular weight excluding hydrogens is 470 g/mol. The number of halogens is 1. The number of Topliss-reactive ketones (excluding diaryl/α,β-unsaturated/α-hetero) is 1. The normalized spacial score (nSPS) is 20.0. The number of fused-ring (bicyclic) bond motifs is 2. The molecular formula is C27H20ClNO6. The smallest absolute Gasteiger partial charge is 0.300 e. The highest BCUT2D eigenvalue weighted by molar-refractivity contribution is 6.51. The zero-order chi connectivity index (χ0) is 24.1. The number of aliphatic hydroxyl groups excluding tert-OH is 1. The summed E-state index contributed by atoms with van der Waals surface area (Å²) in [5.74, 6) is 0.0575. The molecule has 1 saturated heterocycles. The molecule has 0 aliphatic carbocycles. The molecule has 6 rings (SSSR count). The maximum Gasteiger partial charge on any atom is 0.300 e. The molecule has 1 N–H and O–H groups in total. The summed E-state index contributed by atoms with van der Waals surface area (Å²) in [6, 6.07) is 16.3. The van der Waals surface area contributed by atoms with Gasteiger partial charge in [0.15, 0.2) is 11.5 Å². The number of ketones is 1. The van der Waals surface area contributed by atoms with Crippen molar-refractivity contribution >= 4 is 34.7 Å². The fourth-order valence-corrected chi connectivity index (χ4v) is 4.88. The van der Waals surface area contributed by atoms with Gasteiger partial charge in [-0.05, 0) is 66.4 Å². The van der Waals surface area contributed by atoms with Crippen molar-refractivity contribution in [2.75, 3.05) is 18.3 Å². The van der Waals surface area contributed by atoms with Gasteiger partial charge >= 0.3 is 0 Å². The van der Waals surface area contributed by atoms with Crippen LogP contribution in [0.5, 0.6) is 17.2 Å². The Morgan fingerprint density at radius 1 is 0.914 bits per heavy atom. The van der Waals surface area contributed by atoms with Crippen LogP contribution >= 0.6 is 11.6 Å². The van der Waals surface area contributed by atoms with E-state index in [2.05, 4.69) is 0 Å². The van der Waals surface area contributed by atoms with Crippen molar-refractivity contribution in [3.05, 3.63) is 87.9 Å². The Labute approximate surface area is 206 Å². The quantitative estimate of drug-likeness (QED) is 0.316. The zero-order valence-corrected chi connectivity index (χ0v) is 19.2. The molecule has 3 aromatic carbocycles. The van der Waals surface area contributed by atoms with Gasteiger partial charge in [-0.15, -0.1) is 0 Å². The lowest BCUT2D eigenvalue weighted by Gasteiger charge is -2.26. The van der Waals surface area contributed by atoms with Crippen molar-refractivity contribution in [3.8, 4) is 17.2 Å². The van der Waals surface area contributed by atoms with Gasteiger partial charge in [0.05, 0.1) is 18.2 Å². The van der Waals surface area contributed by atoms with E-state index in [0.29, 0.717) is 39.9 Å². The maximum absolute atomic E-state index is 13.4. The molecule has 1 fully saturated rings. The molecule has 7 nitrogen and oxygen atoms in total. The second-order valence-electron chi connectivity index (χ2n) is 8.53. The van der Waals surface area contributed by atoms with Crippen molar-refractivity contribution < 1.29 is 28.9 Å². The molecule has 1 amide bonds. The van der Waals surface area contributed by atoms with Gasteiger partial charge in [0, 0.05) is 22.3 Å². The third kappa shape index (κ3) is 3.59. The lowest BCUT2D eigenvalue weighted by atomic mass is 9.94. The van der Waals surface area contributed by atoms with Crippen LogP contribution in [0.25, 0.3) is 5.76 Å². The minimum Gasteiger partial charge on any atom is -0.507 e. The minimum absolute atomic E-state index is 0.00617. The highest BCUT2D eigenvalue weighted by atomic mass is 35.5. The molecule has 3 aliphatic heterocycles. The van der Waals surface area contributed by atoms with Gasteiger partial charge in [-0.2, -0.15) is 0 Å². The van der Waals surface area contributed by atoms with E-state index >= 15 is 0 Å². The first-order chi connectivity index (χ1) is 17.0. The summed E-state index contributed by atoms with van der Waals surface area (Å²) in [5.41, 5.74) is 2.50. The molecule has 8 heteroatoms. The Hall–Kier alpha value is -3.97. The number of aryl methyl sites for hydroxylation is 1. The molecule has 3 aliphatic rings. The molecule has 0 radical (unpaired) electrons. The summed E-state index contributed by atoms with van der Waals surface area (Å²) in [6.07, 6.45) is 1.68. The second-order valence-corrected chi connectivity index (χ2v) is 8.97. The number of amides is 1. The number of anilines is 1. The summed E-state index contributed by atoms with van der Waals surface area (Å²) in [4.78, 5) is 28.1. The maximum atomic E-state index is 13.4. The number of ether oxygens (including phenoxy) is 3. The number of rotatable bonds is 3. The topological polar surface area (TPSA) is 85.3 Å². The summed E-state index contributed by atoms with van der Waals surface area (Å²) in [7, 11) is 0. The lowest BCUT2D eigenvalue weighted by molar-refractivity contribution is -0.132. The van der Waals surface area contributed by atoms with Crippen LogP contribution in [0.2, 0.25) is 5.02 Å². The standard InChI is InChI=1S/C27H20ClNO6/c28-18-6-3-15(4-7-18)24-23(25(30)17-5-9-20-16(12-17)2-1-11-33-20)26(31)27(32)29(24)19-8-10-21-22(13-19)35-14-34-21/h3-10,12-13,24,30H,1-2,11,14H2/b25-23-. The Morgan fingerprint density at radius 2 is 1.69 bits per heavy atom. The first kappa shape index (κ1) is 21.6. The van der Waals surface area contributed by atoms with Crippen LogP contribution in [-0.4, -0.2) is 30.2 Å². The van der Waals surface area contributed by atoms with Gasteiger partial charge < -0.3 is 19.3 Å². The Morgan fingerprint density at radius 3 is 2.51 bits per heavy atom. The van der Waals surface area contributed by atoms with Crippen molar-refractivity contribution in [2.24, 2.45) is 0 Å². The van der Waals surface area contributed by atoms with Gasteiger partial charge in [-0.25, -0.2) is 0 Å². The Kier molecular flexibility index (Phi) is 5.15. The molecule has 0 saturated carbocycles. The van der Waals surface area contributed by atoms with E-state index in [0.717, 1.165) is 24.2 Å². The minimum atomic E-state index is -0.861. The Balaban J connectivity index is 1.52. The largest absolute Gasteiger partial charge is 0.507 e. The fourth-order valence-electron chi connectivity index (χ4n) is 4.76. The van der Waals surface area contributed by atoms with E-state index in [1.165, 1.54) is 4.90 Å². The van der Waals surface area contributed by atoms with Gasteiger partial charge in [0.25, 0.3) is 11.7 Å². The van der Waals surface area contributed by atoms with Crippen molar-refractivity contribution in [1.29, 1.82) is 0 Å². The molecule has 0 spiro atoms. The number of aliphatic hydroxyl groups is 1. The Bertz CT molecular complexity index is 1400. The second kappa shape index (κ2) is 8.36. The monoisotopic (exact) mass is 489 g/mol. The van der Waals surface area contributed by atoms with E-state index in [9.17, 15) is 14.7 Å². The van der Waals surface area contributed by atoms with E-state index in [-0.39, 0.29) is 18.1 Å². The third-order valence-electron chi connectivity index (χ3n) is 6.45. The number of carbonyl (C=O) groups excluding carboxylic acids is 2. The van der Waals surface area contributed by atoms with E-state index in [1.54, 1.807) is 54.6 Å². The molecule has 3 aromatic rings. The summed E-state index contributed by atoms with van der Waals surface area (Å²) in [6.45, 7) is 0.732. The van der Waals surface area contributed by atoms with Crippen molar-refractivity contribution in [2.45, 2.75) is 18.9 Å². The van der Waals surface area contributed by atoms with Crippen LogP contribution in [-0.2, 0) is 16.0 Å². The SMILES string of the molecule is O=C1C(=O)N(c2ccc3c(c2)OCO3)C(c2ccc(Cl)cc2)/C1=C(/O)c1ccc2c(c1)CCCO2. The van der Waals surface area contributed by atoms with Crippen LogP contribution in [0.15, 0.2) is 66.2 Å². The number of nitrogens with zero attached hydrogens (tertiary/aromatic N) is 1. The van der Waals surface area contributed by atoms with Gasteiger partial charge in [0.2, 0.25) is 6.79 Å². The lowest BCUT2D eigenvalue weighted by Crippen LogP contribution is -2.29. The van der Waals surface area contributed by atoms with Gasteiger partial charge in [-0.1, -0.05) is 23.7 Å². The molecule has 3 heterocycles. The molecule has 0 aromatic heterocycles. The summed E-state index contributed by atoms with van der Waals surface area (Å²) in [5, 5.41) is 11.9. The van der Waals surface area contributed by atoms with E-state index in [1.807, 2.05) is 6.07 Å². The van der Waals surface area contributed by atoms with Gasteiger partial charge in [-0.3, -0.25) is 14.5 Å². The molecule has 0 bridgehead atoms. The van der Waals surface area contributed by atoms with Crippen molar-refractivity contribution in [1.82, 2.24) is 0 Å².